The van der Waals surface area contributed by atoms with Crippen molar-refractivity contribution in [3.8, 4) is 33.6 Å². The minimum atomic E-state index is -0.107. The predicted molar refractivity (Wildman–Crippen MR) is 148 cm³/mol. The molecule has 6 heteroatoms. The number of benzene rings is 3. The van der Waals surface area contributed by atoms with Crippen molar-refractivity contribution >= 4 is 11.9 Å². The van der Waals surface area contributed by atoms with Crippen LogP contribution in [0.5, 0.6) is 0 Å². The fourth-order valence-corrected chi connectivity index (χ4v) is 4.49. The zero-order valence-electron chi connectivity index (χ0n) is 21.1. The maximum atomic E-state index is 4.79. The van der Waals surface area contributed by atoms with Gasteiger partial charge < -0.3 is 5.43 Å². The van der Waals surface area contributed by atoms with Gasteiger partial charge in [-0.3, -0.25) is 0 Å². The van der Waals surface area contributed by atoms with Crippen LogP contribution in [0.4, 0.5) is 0 Å². The Kier molecular flexibility index (Phi) is 6.36. The van der Waals surface area contributed by atoms with E-state index in [-0.39, 0.29) is 6.17 Å². The zero-order chi connectivity index (χ0) is 25.2. The van der Waals surface area contributed by atoms with Crippen LogP contribution in [-0.2, 0) is 7.05 Å². The summed E-state index contributed by atoms with van der Waals surface area (Å²) in [5.41, 5.74) is 15.5. The van der Waals surface area contributed by atoms with E-state index in [1.807, 2.05) is 26.1 Å². The Labute approximate surface area is 212 Å². The molecule has 1 aliphatic heterocycles. The number of aliphatic imine (C=N–C) groups is 1. The fraction of sp³-hybridized carbons (Fsp3) is 0.167. The lowest BCUT2D eigenvalue weighted by Gasteiger charge is -2.14. The zero-order valence-corrected chi connectivity index (χ0v) is 21.1. The highest BCUT2D eigenvalue weighted by Gasteiger charge is 2.18. The highest BCUT2D eigenvalue weighted by Crippen LogP contribution is 2.33. The quantitative estimate of drug-likeness (QED) is 0.345. The maximum Gasteiger partial charge on any atom is 0.181 e. The van der Waals surface area contributed by atoms with Crippen molar-refractivity contribution in [1.29, 1.82) is 0 Å². The third-order valence-electron chi connectivity index (χ3n) is 6.43. The standard InChI is InChI=1S/C30H30N6/c1-6-10-27-31-29(34-33-27)23-15-22(16-24(17-23)30-32-28(7-2)36(5)35-30)21-14-13-20(4)26(18-21)25-12-9-8-11-19(25)3/h6-18,27,33H,2H2,1,3-5H3,(H,31,34)/b10-6-. The van der Waals surface area contributed by atoms with Gasteiger partial charge in [0.05, 0.1) is 0 Å². The monoisotopic (exact) mass is 474 g/mol. The maximum absolute atomic E-state index is 4.79. The Morgan fingerprint density at radius 2 is 1.64 bits per heavy atom. The number of hydrogen-bond donors (Lipinski definition) is 2. The lowest BCUT2D eigenvalue weighted by atomic mass is 9.91. The second-order valence-corrected chi connectivity index (χ2v) is 8.98. The molecule has 0 saturated heterocycles. The Hall–Kier alpha value is -4.29. The second kappa shape index (κ2) is 9.76. The van der Waals surface area contributed by atoms with Crippen molar-refractivity contribution in [2.45, 2.75) is 26.9 Å². The van der Waals surface area contributed by atoms with E-state index in [4.69, 9.17) is 4.99 Å². The number of nitrogens with one attached hydrogen (secondary N) is 2. The summed E-state index contributed by atoms with van der Waals surface area (Å²) < 4.78 is 1.74. The molecule has 6 nitrogen and oxygen atoms in total. The average molecular weight is 475 g/mol. The smallest absolute Gasteiger partial charge is 0.181 e. The van der Waals surface area contributed by atoms with Crippen LogP contribution >= 0.6 is 0 Å². The molecular weight excluding hydrogens is 444 g/mol. The number of aryl methyl sites for hydroxylation is 3. The van der Waals surface area contributed by atoms with E-state index in [1.165, 1.54) is 22.3 Å². The lowest BCUT2D eigenvalue weighted by molar-refractivity contribution is 0.634. The summed E-state index contributed by atoms with van der Waals surface area (Å²) in [6.07, 6.45) is 5.60. The first-order valence-corrected chi connectivity index (χ1v) is 12.1. The molecule has 36 heavy (non-hydrogen) atoms. The third-order valence-corrected chi connectivity index (χ3v) is 6.43. The number of aromatic nitrogens is 3. The van der Waals surface area contributed by atoms with Crippen LogP contribution < -0.4 is 10.9 Å². The molecule has 0 radical (unpaired) electrons. The first kappa shape index (κ1) is 23.5. The number of amidine groups is 1. The number of hydrogen-bond acceptors (Lipinski definition) is 5. The SMILES string of the molecule is C=Cc1nc(-c2cc(C3=NC(/C=C\C)NN3)cc(-c3ccc(C)c(-c4ccccc4C)c3)c2)nn1C. The number of allylic oxidation sites excluding steroid dienone is 1. The first-order chi connectivity index (χ1) is 17.5. The summed E-state index contributed by atoms with van der Waals surface area (Å²) >= 11 is 0. The van der Waals surface area contributed by atoms with E-state index in [2.05, 4.69) is 102 Å². The van der Waals surface area contributed by atoms with E-state index in [9.17, 15) is 0 Å². The van der Waals surface area contributed by atoms with Crippen LogP contribution in [0, 0.1) is 13.8 Å². The largest absolute Gasteiger partial charge is 0.303 e. The van der Waals surface area contributed by atoms with Crippen molar-refractivity contribution in [1.82, 2.24) is 25.6 Å². The Balaban J connectivity index is 1.67. The Morgan fingerprint density at radius 1 is 0.889 bits per heavy atom. The molecule has 1 atom stereocenters. The van der Waals surface area contributed by atoms with Crippen LogP contribution in [-0.4, -0.2) is 26.8 Å². The molecule has 0 fully saturated rings. The predicted octanol–water partition coefficient (Wildman–Crippen LogP) is 5.83. The van der Waals surface area contributed by atoms with Gasteiger partial charge in [-0.05, 0) is 90.6 Å². The number of hydrazine groups is 1. The van der Waals surface area contributed by atoms with Gasteiger partial charge in [0.15, 0.2) is 11.6 Å². The van der Waals surface area contributed by atoms with Gasteiger partial charge >= 0.3 is 0 Å². The van der Waals surface area contributed by atoms with Gasteiger partial charge in [-0.1, -0.05) is 49.1 Å². The molecule has 3 aromatic carbocycles. The molecule has 180 valence electrons. The Morgan fingerprint density at radius 3 is 2.39 bits per heavy atom. The number of rotatable bonds is 6. The van der Waals surface area contributed by atoms with E-state index in [1.54, 1.807) is 10.8 Å². The van der Waals surface area contributed by atoms with Gasteiger partial charge in [-0.15, -0.1) is 0 Å². The summed E-state index contributed by atoms with van der Waals surface area (Å²) in [5.74, 6) is 2.16. The summed E-state index contributed by atoms with van der Waals surface area (Å²) in [5, 5.41) is 4.64. The first-order valence-electron chi connectivity index (χ1n) is 12.1. The molecule has 1 aromatic heterocycles. The van der Waals surface area contributed by atoms with E-state index in [0.717, 1.165) is 33.9 Å². The van der Waals surface area contributed by atoms with Crippen molar-refractivity contribution in [2.75, 3.05) is 0 Å². The van der Waals surface area contributed by atoms with Crippen LogP contribution in [0.25, 0.3) is 39.7 Å². The number of nitrogens with zero attached hydrogens (tertiary/aromatic N) is 4. The summed E-state index contributed by atoms with van der Waals surface area (Å²) in [4.78, 5) is 9.48. The van der Waals surface area contributed by atoms with E-state index in [0.29, 0.717) is 5.82 Å². The highest BCUT2D eigenvalue weighted by atomic mass is 15.5. The molecule has 0 bridgehead atoms. The molecular formula is C30H30N6. The van der Waals surface area contributed by atoms with E-state index >= 15 is 0 Å². The van der Waals surface area contributed by atoms with Crippen LogP contribution in [0.2, 0.25) is 0 Å². The molecule has 1 unspecified atom stereocenters. The van der Waals surface area contributed by atoms with Gasteiger partial charge in [-0.2, -0.15) is 5.10 Å². The lowest BCUT2D eigenvalue weighted by Crippen LogP contribution is -2.34. The summed E-state index contributed by atoms with van der Waals surface area (Å²) in [6.45, 7) is 10.2. The van der Waals surface area contributed by atoms with Crippen molar-refractivity contribution in [3.63, 3.8) is 0 Å². The molecule has 2 N–H and O–H groups in total. The van der Waals surface area contributed by atoms with Crippen LogP contribution in [0.15, 0.2) is 84.4 Å². The van der Waals surface area contributed by atoms with Gasteiger partial charge in [0.2, 0.25) is 0 Å². The van der Waals surface area contributed by atoms with Crippen LogP contribution in [0.3, 0.4) is 0 Å². The molecule has 0 aliphatic carbocycles. The summed E-state index contributed by atoms with van der Waals surface area (Å²) in [6, 6.07) is 21.5. The molecule has 1 aliphatic rings. The van der Waals surface area contributed by atoms with Crippen molar-refractivity contribution in [2.24, 2.45) is 12.0 Å². The van der Waals surface area contributed by atoms with Crippen molar-refractivity contribution < 1.29 is 0 Å². The molecule has 0 amide bonds. The highest BCUT2D eigenvalue weighted by molar-refractivity contribution is 6.01. The van der Waals surface area contributed by atoms with Gasteiger partial charge in [0.25, 0.3) is 0 Å². The van der Waals surface area contributed by atoms with E-state index < -0.39 is 0 Å². The summed E-state index contributed by atoms with van der Waals surface area (Å²) in [7, 11) is 1.88. The molecule has 0 saturated carbocycles. The second-order valence-electron chi connectivity index (χ2n) is 8.98. The van der Waals surface area contributed by atoms with Crippen LogP contribution in [0.1, 0.15) is 29.4 Å². The van der Waals surface area contributed by atoms with Crippen molar-refractivity contribution in [3.05, 3.63) is 102 Å². The van der Waals surface area contributed by atoms with Gasteiger partial charge in [0.1, 0.15) is 12.0 Å². The Bertz CT molecular complexity index is 1510. The van der Waals surface area contributed by atoms with Gasteiger partial charge in [-0.25, -0.2) is 20.1 Å². The molecule has 5 rings (SSSR count). The topological polar surface area (TPSA) is 67.1 Å². The minimum Gasteiger partial charge on any atom is -0.303 e. The molecule has 4 aromatic rings. The average Bonchev–Trinajstić information content (AvgIpc) is 3.51. The van der Waals surface area contributed by atoms with Gasteiger partial charge in [0, 0.05) is 18.2 Å². The third kappa shape index (κ3) is 4.51. The fourth-order valence-electron chi connectivity index (χ4n) is 4.49. The minimum absolute atomic E-state index is 0.107. The molecule has 2 heterocycles. The normalized spacial score (nSPS) is 15.2. The molecule has 0 spiro atoms.